The minimum Gasteiger partial charge on any atom is -0.326 e. The number of rotatable bonds is 7. The van der Waals surface area contributed by atoms with Crippen molar-refractivity contribution < 1.29 is 26.8 Å². The van der Waals surface area contributed by atoms with Crippen LogP contribution in [0.3, 0.4) is 0 Å². The highest BCUT2D eigenvalue weighted by Crippen LogP contribution is 2.19. The number of anilines is 2. The molecule has 0 aliphatic carbocycles. The van der Waals surface area contributed by atoms with E-state index in [0.29, 0.717) is 5.69 Å². The predicted molar refractivity (Wildman–Crippen MR) is 98.0 cm³/mol. The van der Waals surface area contributed by atoms with Gasteiger partial charge >= 0.3 is 0 Å². The predicted octanol–water partition coefficient (Wildman–Crippen LogP) is 1.85. The first-order valence-electron chi connectivity index (χ1n) is 7.28. The van der Waals surface area contributed by atoms with Crippen molar-refractivity contribution in [3.63, 3.8) is 0 Å². The van der Waals surface area contributed by atoms with Gasteiger partial charge in [0.2, 0.25) is 5.91 Å². The highest BCUT2D eigenvalue weighted by atomic mass is 32.2. The van der Waals surface area contributed by atoms with Crippen LogP contribution >= 0.6 is 0 Å². The van der Waals surface area contributed by atoms with Gasteiger partial charge in [-0.3, -0.25) is 14.3 Å². The second kappa shape index (κ2) is 8.21. The molecule has 0 bridgehead atoms. The first-order valence-corrected chi connectivity index (χ1v) is 10.0. The summed E-state index contributed by atoms with van der Waals surface area (Å²) in [5, 5.41) is 2.53. The summed E-state index contributed by atoms with van der Waals surface area (Å²) in [7, 11) is -3.91. The maximum absolute atomic E-state index is 12.4. The third-order valence-electron chi connectivity index (χ3n) is 3.18. The number of benzene rings is 2. The van der Waals surface area contributed by atoms with Crippen molar-refractivity contribution in [3.05, 3.63) is 54.1 Å². The van der Waals surface area contributed by atoms with Crippen LogP contribution in [0.25, 0.3) is 0 Å². The Morgan fingerprint density at radius 3 is 2.31 bits per heavy atom. The molecular weight excluding hydrogens is 380 g/mol. The molecule has 1 amide bonds. The summed E-state index contributed by atoms with van der Waals surface area (Å²) in [4.78, 5) is 22.8. The number of hydrogen-bond donors (Lipinski definition) is 3. The van der Waals surface area contributed by atoms with E-state index in [-0.39, 0.29) is 22.1 Å². The summed E-state index contributed by atoms with van der Waals surface area (Å²) in [6.45, 7) is 1.34. The van der Waals surface area contributed by atoms with Crippen LogP contribution in [0.1, 0.15) is 17.3 Å². The van der Waals surface area contributed by atoms with E-state index in [4.69, 9.17) is 4.55 Å². The highest BCUT2D eigenvalue weighted by Gasteiger charge is 2.16. The SMILES string of the molecule is CC(=O)Nc1ccc(S(=O)(=O)Nc2cccc(C(=O)CS(=O)O)c2)cc1. The van der Waals surface area contributed by atoms with Crippen molar-refractivity contribution in [2.75, 3.05) is 15.8 Å². The van der Waals surface area contributed by atoms with E-state index < -0.39 is 32.6 Å². The Morgan fingerprint density at radius 1 is 1.08 bits per heavy atom. The molecule has 10 heteroatoms. The van der Waals surface area contributed by atoms with Gasteiger partial charge in [0, 0.05) is 23.9 Å². The Balaban J connectivity index is 2.20. The summed E-state index contributed by atoms with van der Waals surface area (Å²) >= 11 is -2.28. The number of ketones is 1. The molecule has 0 heterocycles. The van der Waals surface area contributed by atoms with Crippen LogP contribution in [-0.4, -0.2) is 34.6 Å². The Kier molecular flexibility index (Phi) is 6.24. The molecule has 2 aromatic carbocycles. The van der Waals surface area contributed by atoms with Crippen molar-refractivity contribution in [2.24, 2.45) is 0 Å². The maximum atomic E-state index is 12.4. The van der Waals surface area contributed by atoms with Crippen molar-refractivity contribution in [2.45, 2.75) is 11.8 Å². The van der Waals surface area contributed by atoms with Gasteiger partial charge in [0.05, 0.1) is 4.90 Å². The van der Waals surface area contributed by atoms with E-state index in [1.54, 1.807) is 0 Å². The van der Waals surface area contributed by atoms with Gasteiger partial charge in [-0.05, 0) is 36.4 Å². The molecule has 138 valence electrons. The van der Waals surface area contributed by atoms with Crippen LogP contribution in [0, 0.1) is 0 Å². The molecule has 0 saturated heterocycles. The van der Waals surface area contributed by atoms with Crippen LogP contribution in [0.5, 0.6) is 0 Å². The summed E-state index contributed by atoms with van der Waals surface area (Å²) in [5.41, 5.74) is 0.722. The third-order valence-corrected chi connectivity index (χ3v) is 5.08. The van der Waals surface area contributed by atoms with Gasteiger partial charge in [0.1, 0.15) is 5.75 Å². The molecule has 0 aromatic heterocycles. The Labute approximate surface area is 153 Å². The molecule has 0 fully saturated rings. The third kappa shape index (κ3) is 5.48. The molecular formula is C16H16N2O6S2. The van der Waals surface area contributed by atoms with Gasteiger partial charge in [-0.2, -0.15) is 0 Å². The molecule has 1 unspecified atom stereocenters. The van der Waals surface area contributed by atoms with E-state index in [0.717, 1.165) is 0 Å². The standard InChI is InChI=1S/C16H16N2O6S2/c1-11(19)17-13-5-7-15(8-6-13)26(23,24)18-14-4-2-3-12(9-14)16(20)10-25(21)22/h2-9,18H,10H2,1H3,(H,17,19)(H,21,22). The molecule has 0 aliphatic rings. The van der Waals surface area contributed by atoms with E-state index in [1.807, 2.05) is 0 Å². The second-order valence-corrected chi connectivity index (χ2v) is 7.89. The number of nitrogens with one attached hydrogen (secondary N) is 2. The Bertz CT molecular complexity index is 955. The van der Waals surface area contributed by atoms with E-state index in [2.05, 4.69) is 10.0 Å². The van der Waals surface area contributed by atoms with Gasteiger partial charge in [-0.15, -0.1) is 0 Å². The van der Waals surface area contributed by atoms with Gasteiger partial charge in [0.15, 0.2) is 16.9 Å². The molecule has 0 radical (unpaired) electrons. The van der Waals surface area contributed by atoms with E-state index >= 15 is 0 Å². The molecule has 2 aromatic rings. The Morgan fingerprint density at radius 2 is 1.73 bits per heavy atom. The van der Waals surface area contributed by atoms with Crippen LogP contribution in [0.15, 0.2) is 53.4 Å². The first kappa shape index (κ1) is 19.8. The second-order valence-electron chi connectivity index (χ2n) is 5.28. The molecule has 0 aliphatic heterocycles. The summed E-state index contributed by atoms with van der Waals surface area (Å²) < 4.78 is 46.7. The lowest BCUT2D eigenvalue weighted by atomic mass is 10.1. The molecule has 1 atom stereocenters. The zero-order valence-corrected chi connectivity index (χ0v) is 15.3. The van der Waals surface area contributed by atoms with Crippen molar-refractivity contribution in [1.82, 2.24) is 0 Å². The number of carbonyl (C=O) groups is 2. The minimum atomic E-state index is -3.91. The number of amides is 1. The summed E-state index contributed by atoms with van der Waals surface area (Å²) in [6.07, 6.45) is 0. The van der Waals surface area contributed by atoms with E-state index in [1.165, 1.54) is 55.5 Å². The normalized spacial score (nSPS) is 12.2. The smallest absolute Gasteiger partial charge is 0.261 e. The minimum absolute atomic E-state index is 0.0280. The van der Waals surface area contributed by atoms with Crippen molar-refractivity contribution in [1.29, 1.82) is 0 Å². The topological polar surface area (TPSA) is 130 Å². The lowest BCUT2D eigenvalue weighted by Crippen LogP contribution is -2.14. The number of hydrogen-bond acceptors (Lipinski definition) is 5. The molecule has 0 saturated carbocycles. The molecule has 8 nitrogen and oxygen atoms in total. The van der Waals surface area contributed by atoms with Crippen LogP contribution in [-0.2, 0) is 25.9 Å². The molecule has 2 rings (SSSR count). The largest absolute Gasteiger partial charge is 0.326 e. The lowest BCUT2D eigenvalue weighted by Gasteiger charge is -2.10. The van der Waals surface area contributed by atoms with Crippen molar-refractivity contribution in [3.8, 4) is 0 Å². The molecule has 26 heavy (non-hydrogen) atoms. The fraction of sp³-hybridized carbons (Fsp3) is 0.125. The quantitative estimate of drug-likeness (QED) is 0.484. The monoisotopic (exact) mass is 396 g/mol. The van der Waals surface area contributed by atoms with Crippen LogP contribution in [0.4, 0.5) is 11.4 Å². The summed E-state index contributed by atoms with van der Waals surface area (Å²) in [6, 6.07) is 11.2. The zero-order valence-electron chi connectivity index (χ0n) is 13.6. The zero-order chi connectivity index (χ0) is 19.3. The van der Waals surface area contributed by atoms with Crippen molar-refractivity contribution >= 4 is 44.2 Å². The molecule has 0 spiro atoms. The number of carbonyl (C=O) groups excluding carboxylic acids is 2. The van der Waals surface area contributed by atoms with Gasteiger partial charge in [0.25, 0.3) is 10.0 Å². The number of Topliss-reactive ketones (excluding diaryl/α,β-unsaturated/α-hetero) is 1. The summed E-state index contributed by atoms with van der Waals surface area (Å²) in [5.74, 6) is -1.42. The van der Waals surface area contributed by atoms with Crippen LogP contribution < -0.4 is 10.0 Å². The first-order chi connectivity index (χ1) is 12.2. The number of sulfonamides is 1. The average Bonchev–Trinajstić information content (AvgIpc) is 2.54. The lowest BCUT2D eigenvalue weighted by molar-refractivity contribution is -0.114. The van der Waals surface area contributed by atoms with Gasteiger partial charge in [-0.1, -0.05) is 12.1 Å². The van der Waals surface area contributed by atoms with Gasteiger partial charge in [-0.25, -0.2) is 12.6 Å². The maximum Gasteiger partial charge on any atom is 0.261 e. The fourth-order valence-electron chi connectivity index (χ4n) is 2.09. The fourth-order valence-corrected chi connectivity index (χ4v) is 3.53. The average molecular weight is 396 g/mol. The Hall–Kier alpha value is -2.56. The highest BCUT2D eigenvalue weighted by molar-refractivity contribution is 7.92. The molecule has 3 N–H and O–H groups in total. The van der Waals surface area contributed by atoms with Gasteiger partial charge < -0.3 is 9.87 Å². The van der Waals surface area contributed by atoms with E-state index in [9.17, 15) is 22.2 Å². The van der Waals surface area contributed by atoms with Crippen LogP contribution in [0.2, 0.25) is 0 Å².